The maximum atomic E-state index is 5.74. The Morgan fingerprint density at radius 3 is 2.64 bits per heavy atom. The van der Waals surface area contributed by atoms with Crippen molar-refractivity contribution in [1.29, 1.82) is 0 Å². The number of ether oxygens (including phenoxy) is 1. The van der Waals surface area contributed by atoms with Crippen LogP contribution in [0.2, 0.25) is 0 Å². The lowest BCUT2D eigenvalue weighted by Gasteiger charge is -2.22. The smallest absolute Gasteiger partial charge is 0.119 e. The molecular formula is C18H28N2OS. The van der Waals surface area contributed by atoms with Gasteiger partial charge in [-0.25, -0.2) is 0 Å². The quantitative estimate of drug-likeness (QED) is 0.753. The van der Waals surface area contributed by atoms with E-state index in [0.717, 1.165) is 35.9 Å². The highest BCUT2D eigenvalue weighted by Crippen LogP contribution is 2.15. The zero-order chi connectivity index (χ0) is 15.9. The van der Waals surface area contributed by atoms with Gasteiger partial charge in [0.05, 0.1) is 6.61 Å². The molecule has 1 aliphatic heterocycles. The third-order valence-electron chi connectivity index (χ3n) is 4.14. The minimum Gasteiger partial charge on any atom is -0.494 e. The summed E-state index contributed by atoms with van der Waals surface area (Å²) in [5.41, 5.74) is 1.05. The van der Waals surface area contributed by atoms with Crippen LogP contribution in [-0.4, -0.2) is 30.2 Å². The molecule has 1 heterocycles. The van der Waals surface area contributed by atoms with Crippen molar-refractivity contribution in [3.8, 4) is 5.75 Å². The van der Waals surface area contributed by atoms with Gasteiger partial charge in [0, 0.05) is 17.6 Å². The van der Waals surface area contributed by atoms with Gasteiger partial charge in [0.1, 0.15) is 10.7 Å². The second kappa shape index (κ2) is 8.49. The second-order valence-electron chi connectivity index (χ2n) is 6.52. The molecule has 0 aromatic heterocycles. The first-order valence-corrected chi connectivity index (χ1v) is 8.74. The van der Waals surface area contributed by atoms with E-state index in [2.05, 4.69) is 31.4 Å². The summed E-state index contributed by atoms with van der Waals surface area (Å²) in [4.78, 5) is 0.815. The molecule has 0 spiro atoms. The zero-order valence-corrected chi connectivity index (χ0v) is 14.7. The molecule has 1 aromatic rings. The number of rotatable bonds is 7. The van der Waals surface area contributed by atoms with Crippen molar-refractivity contribution in [2.24, 2.45) is 5.92 Å². The molecule has 3 nitrogen and oxygen atoms in total. The first kappa shape index (κ1) is 17.2. The predicted molar refractivity (Wildman–Crippen MR) is 96.7 cm³/mol. The summed E-state index contributed by atoms with van der Waals surface area (Å²) in [6.45, 7) is 8.49. The topological polar surface area (TPSA) is 33.3 Å². The zero-order valence-electron chi connectivity index (χ0n) is 13.9. The summed E-state index contributed by atoms with van der Waals surface area (Å²) in [5.74, 6) is 1.58. The Bertz CT molecular complexity index is 466. The first-order chi connectivity index (χ1) is 10.6. The lowest BCUT2D eigenvalue weighted by molar-refractivity contribution is 0.289. The van der Waals surface area contributed by atoms with Crippen LogP contribution in [-0.2, 0) is 0 Å². The van der Waals surface area contributed by atoms with Crippen molar-refractivity contribution >= 4 is 17.2 Å². The lowest BCUT2D eigenvalue weighted by atomic mass is 10.1. The summed E-state index contributed by atoms with van der Waals surface area (Å²) >= 11 is 5.52. The molecule has 2 atom stereocenters. The van der Waals surface area contributed by atoms with E-state index in [4.69, 9.17) is 17.0 Å². The number of hydrogen-bond acceptors (Lipinski definition) is 3. The Kier molecular flexibility index (Phi) is 6.65. The molecule has 2 unspecified atom stereocenters. The van der Waals surface area contributed by atoms with Crippen molar-refractivity contribution in [3.63, 3.8) is 0 Å². The van der Waals surface area contributed by atoms with Gasteiger partial charge in [0.15, 0.2) is 0 Å². The third kappa shape index (κ3) is 5.25. The van der Waals surface area contributed by atoms with Gasteiger partial charge in [-0.3, -0.25) is 0 Å². The number of hydrogen-bond donors (Lipinski definition) is 2. The highest BCUT2D eigenvalue weighted by atomic mass is 32.1. The highest BCUT2D eigenvalue weighted by molar-refractivity contribution is 7.80. The Morgan fingerprint density at radius 1 is 1.32 bits per heavy atom. The third-order valence-corrected chi connectivity index (χ3v) is 4.49. The highest BCUT2D eigenvalue weighted by Gasteiger charge is 2.21. The molecule has 0 radical (unpaired) electrons. The largest absolute Gasteiger partial charge is 0.494 e. The van der Waals surface area contributed by atoms with Crippen molar-refractivity contribution in [1.82, 2.24) is 10.6 Å². The van der Waals surface area contributed by atoms with Crippen LogP contribution >= 0.6 is 12.2 Å². The summed E-state index contributed by atoms with van der Waals surface area (Å²) in [6, 6.07) is 8.96. The first-order valence-electron chi connectivity index (χ1n) is 8.33. The van der Waals surface area contributed by atoms with Crippen LogP contribution in [0.5, 0.6) is 5.75 Å². The number of benzene rings is 1. The number of thiocarbonyl (C=S) groups is 1. The van der Waals surface area contributed by atoms with Gasteiger partial charge >= 0.3 is 0 Å². The summed E-state index contributed by atoms with van der Waals surface area (Å²) in [5, 5.41) is 6.96. The molecule has 2 N–H and O–H groups in total. The maximum absolute atomic E-state index is 5.74. The molecule has 122 valence electrons. The van der Waals surface area contributed by atoms with Gasteiger partial charge < -0.3 is 15.4 Å². The van der Waals surface area contributed by atoms with Crippen LogP contribution in [0.15, 0.2) is 24.3 Å². The van der Waals surface area contributed by atoms with E-state index in [1.54, 1.807) is 0 Å². The van der Waals surface area contributed by atoms with Crippen LogP contribution in [0.1, 0.15) is 45.6 Å². The fraction of sp³-hybridized carbons (Fsp3) is 0.611. The Morgan fingerprint density at radius 2 is 2.05 bits per heavy atom. The normalized spacial score (nSPS) is 19.2. The Hall–Kier alpha value is -1.13. The van der Waals surface area contributed by atoms with Crippen LogP contribution < -0.4 is 15.4 Å². The van der Waals surface area contributed by atoms with Crippen molar-refractivity contribution in [2.75, 3.05) is 13.2 Å². The molecule has 1 saturated heterocycles. The van der Waals surface area contributed by atoms with E-state index >= 15 is 0 Å². The van der Waals surface area contributed by atoms with E-state index in [-0.39, 0.29) is 0 Å². The summed E-state index contributed by atoms with van der Waals surface area (Å²) in [7, 11) is 0. The van der Waals surface area contributed by atoms with Crippen LogP contribution in [0.3, 0.4) is 0 Å². The molecule has 2 rings (SSSR count). The summed E-state index contributed by atoms with van der Waals surface area (Å²) in [6.07, 6.45) is 3.55. The fourth-order valence-corrected chi connectivity index (χ4v) is 2.97. The lowest BCUT2D eigenvalue weighted by Crippen LogP contribution is -2.45. The molecule has 4 heteroatoms. The van der Waals surface area contributed by atoms with Crippen LogP contribution in [0, 0.1) is 5.92 Å². The van der Waals surface area contributed by atoms with Crippen molar-refractivity contribution in [3.05, 3.63) is 29.8 Å². The molecule has 0 amide bonds. The molecule has 0 bridgehead atoms. The molecule has 1 aliphatic rings. The summed E-state index contributed by atoms with van der Waals surface area (Å²) < 4.78 is 5.74. The van der Waals surface area contributed by atoms with Gasteiger partial charge in [0.2, 0.25) is 0 Å². The maximum Gasteiger partial charge on any atom is 0.119 e. The van der Waals surface area contributed by atoms with E-state index in [1.807, 2.05) is 24.3 Å². The van der Waals surface area contributed by atoms with Crippen LogP contribution in [0.25, 0.3) is 0 Å². The molecule has 22 heavy (non-hydrogen) atoms. The molecule has 0 saturated carbocycles. The molecular weight excluding hydrogens is 292 g/mol. The number of nitrogens with one attached hydrogen (secondary N) is 2. The predicted octanol–water partition coefficient (Wildman–Crippen LogP) is 3.52. The fourth-order valence-electron chi connectivity index (χ4n) is 2.64. The van der Waals surface area contributed by atoms with Gasteiger partial charge in [-0.1, -0.05) is 26.1 Å². The van der Waals surface area contributed by atoms with E-state index in [1.165, 1.54) is 12.8 Å². The average molecular weight is 321 g/mol. The monoisotopic (exact) mass is 320 g/mol. The van der Waals surface area contributed by atoms with Gasteiger partial charge in [-0.05, 0) is 62.9 Å². The Balaban J connectivity index is 1.82. The van der Waals surface area contributed by atoms with E-state index in [9.17, 15) is 0 Å². The van der Waals surface area contributed by atoms with Gasteiger partial charge in [-0.2, -0.15) is 0 Å². The Labute approximate surface area is 139 Å². The molecule has 1 aromatic carbocycles. The van der Waals surface area contributed by atoms with Gasteiger partial charge in [-0.15, -0.1) is 0 Å². The second-order valence-corrected chi connectivity index (χ2v) is 6.93. The minimum absolute atomic E-state index is 0.358. The SMILES string of the molecule is CC(C)CCOc1ccc(C(=S)NC(C)C2CCCN2)cc1. The van der Waals surface area contributed by atoms with E-state index < -0.39 is 0 Å². The minimum atomic E-state index is 0.358. The average Bonchev–Trinajstić information content (AvgIpc) is 3.02. The standard InChI is InChI=1S/C18H28N2OS/c1-13(2)10-12-21-16-8-6-15(7-9-16)18(22)20-14(3)17-5-4-11-19-17/h6-9,13-14,17,19H,4-5,10-12H2,1-3H3,(H,20,22). The van der Waals surface area contributed by atoms with Crippen LogP contribution in [0.4, 0.5) is 0 Å². The van der Waals surface area contributed by atoms with Crippen molar-refractivity contribution in [2.45, 2.75) is 52.1 Å². The van der Waals surface area contributed by atoms with Crippen molar-refractivity contribution < 1.29 is 4.74 Å². The molecule has 1 fully saturated rings. The van der Waals surface area contributed by atoms with Gasteiger partial charge in [0.25, 0.3) is 0 Å². The van der Waals surface area contributed by atoms with E-state index in [0.29, 0.717) is 18.0 Å². The molecule has 0 aliphatic carbocycles.